The minimum absolute atomic E-state index is 0.0986. The van der Waals surface area contributed by atoms with Crippen molar-refractivity contribution >= 4 is 15.9 Å². The van der Waals surface area contributed by atoms with E-state index in [0.29, 0.717) is 30.4 Å². The fourth-order valence-electron chi connectivity index (χ4n) is 4.55. The van der Waals surface area contributed by atoms with Crippen molar-refractivity contribution in [3.8, 4) is 0 Å². The van der Waals surface area contributed by atoms with Gasteiger partial charge in [0.05, 0.1) is 4.90 Å². The van der Waals surface area contributed by atoms with E-state index < -0.39 is 10.0 Å². The average molecular weight is 436 g/mol. The van der Waals surface area contributed by atoms with Crippen molar-refractivity contribution in [2.45, 2.75) is 69.7 Å². The van der Waals surface area contributed by atoms with Crippen molar-refractivity contribution in [3.05, 3.63) is 29.8 Å². The number of nitrogens with zero attached hydrogens (tertiary/aromatic N) is 2. The van der Waals surface area contributed by atoms with Crippen LogP contribution in [0.5, 0.6) is 0 Å². The van der Waals surface area contributed by atoms with Gasteiger partial charge in [-0.2, -0.15) is 4.31 Å². The Balaban J connectivity index is 1.36. The molecule has 1 aromatic carbocycles. The normalized spacial score (nSPS) is 22.1. The lowest BCUT2D eigenvalue weighted by Crippen LogP contribution is -2.40. The number of aryl methyl sites for hydroxylation is 1. The summed E-state index contributed by atoms with van der Waals surface area (Å²) >= 11 is 0. The molecule has 0 aliphatic carbocycles. The predicted octanol–water partition coefficient (Wildman–Crippen LogP) is 3.17. The molecule has 0 aromatic heterocycles. The molecular formula is C23H37N3O3S. The number of sulfonamides is 1. The molecule has 2 aliphatic rings. The third kappa shape index (κ3) is 6.28. The molecule has 1 N–H and O–H groups in total. The molecule has 2 saturated heterocycles. The first-order chi connectivity index (χ1) is 14.4. The molecule has 2 aliphatic heterocycles. The van der Waals surface area contributed by atoms with Gasteiger partial charge in [-0.05, 0) is 70.5 Å². The van der Waals surface area contributed by atoms with Crippen LogP contribution in [0.2, 0.25) is 0 Å². The topological polar surface area (TPSA) is 69.7 Å². The number of hydrogen-bond donors (Lipinski definition) is 1. The second kappa shape index (κ2) is 10.7. The molecule has 1 atom stereocenters. The third-order valence-corrected chi connectivity index (χ3v) is 8.50. The van der Waals surface area contributed by atoms with Gasteiger partial charge in [-0.15, -0.1) is 0 Å². The molecule has 0 radical (unpaired) electrons. The molecule has 0 saturated carbocycles. The molecule has 3 rings (SSSR count). The maximum atomic E-state index is 12.8. The number of benzene rings is 1. The van der Waals surface area contributed by atoms with Crippen LogP contribution in [0, 0.1) is 12.8 Å². The van der Waals surface area contributed by atoms with Gasteiger partial charge in [-0.3, -0.25) is 4.79 Å². The van der Waals surface area contributed by atoms with E-state index in [0.717, 1.165) is 37.9 Å². The first-order valence-corrected chi connectivity index (χ1v) is 12.9. The summed E-state index contributed by atoms with van der Waals surface area (Å²) in [5, 5.41) is 3.06. The lowest BCUT2D eigenvalue weighted by atomic mass is 9.94. The first-order valence-electron chi connectivity index (χ1n) is 11.4. The average Bonchev–Trinajstić information content (AvgIpc) is 2.73. The maximum absolute atomic E-state index is 12.8. The van der Waals surface area contributed by atoms with E-state index in [1.54, 1.807) is 16.4 Å². The van der Waals surface area contributed by atoms with E-state index in [4.69, 9.17) is 0 Å². The van der Waals surface area contributed by atoms with Crippen LogP contribution in [0.25, 0.3) is 0 Å². The van der Waals surface area contributed by atoms with Gasteiger partial charge in [0.1, 0.15) is 0 Å². The van der Waals surface area contributed by atoms with Gasteiger partial charge < -0.3 is 10.2 Å². The van der Waals surface area contributed by atoms with Crippen LogP contribution in [-0.4, -0.2) is 62.3 Å². The summed E-state index contributed by atoms with van der Waals surface area (Å²) in [6, 6.07) is 7.67. The van der Waals surface area contributed by atoms with E-state index in [1.807, 2.05) is 19.1 Å². The fourth-order valence-corrected chi connectivity index (χ4v) is 6.02. The summed E-state index contributed by atoms with van der Waals surface area (Å²) < 4.78 is 27.2. The van der Waals surface area contributed by atoms with Gasteiger partial charge in [0.25, 0.3) is 0 Å². The van der Waals surface area contributed by atoms with Crippen LogP contribution in [0.4, 0.5) is 0 Å². The van der Waals surface area contributed by atoms with Gasteiger partial charge in [0.15, 0.2) is 0 Å². The van der Waals surface area contributed by atoms with Gasteiger partial charge in [0, 0.05) is 38.6 Å². The third-order valence-electron chi connectivity index (χ3n) is 6.59. The summed E-state index contributed by atoms with van der Waals surface area (Å²) in [6.07, 6.45) is 6.87. The van der Waals surface area contributed by atoms with Gasteiger partial charge in [0.2, 0.25) is 15.9 Å². The predicted molar refractivity (Wildman–Crippen MR) is 120 cm³/mol. The van der Waals surface area contributed by atoms with Crippen LogP contribution in [0.15, 0.2) is 29.2 Å². The van der Waals surface area contributed by atoms with Crippen LogP contribution in [0.3, 0.4) is 0 Å². The first kappa shape index (κ1) is 23.2. The highest BCUT2D eigenvalue weighted by molar-refractivity contribution is 7.89. The van der Waals surface area contributed by atoms with Crippen molar-refractivity contribution in [2.24, 2.45) is 5.92 Å². The van der Waals surface area contributed by atoms with Crippen molar-refractivity contribution in [2.75, 3.05) is 32.7 Å². The van der Waals surface area contributed by atoms with Gasteiger partial charge >= 0.3 is 0 Å². The summed E-state index contributed by atoms with van der Waals surface area (Å²) in [4.78, 5) is 15.2. The lowest BCUT2D eigenvalue weighted by molar-refractivity contribution is -0.122. The number of amides is 1. The highest BCUT2D eigenvalue weighted by Gasteiger charge is 2.30. The molecule has 1 amide bonds. The molecule has 0 spiro atoms. The Hall–Kier alpha value is -1.44. The van der Waals surface area contributed by atoms with E-state index in [-0.39, 0.29) is 11.8 Å². The SMILES string of the molecule is Cc1ccc(S(=O)(=O)N2CCC(CC(=O)NCCCN3CCCCC3C)CC2)cc1. The Bertz CT molecular complexity index is 786. The Labute approximate surface area is 182 Å². The van der Waals surface area contributed by atoms with Gasteiger partial charge in [-0.1, -0.05) is 24.1 Å². The zero-order chi connectivity index (χ0) is 21.6. The molecule has 6 nitrogen and oxygen atoms in total. The Morgan fingerprint density at radius 2 is 1.77 bits per heavy atom. The monoisotopic (exact) mass is 435 g/mol. The minimum Gasteiger partial charge on any atom is -0.356 e. The molecule has 168 valence electrons. The number of nitrogens with one attached hydrogen (secondary N) is 1. The second-order valence-electron chi connectivity index (χ2n) is 8.95. The minimum atomic E-state index is -3.44. The number of rotatable bonds is 8. The highest BCUT2D eigenvalue weighted by Crippen LogP contribution is 2.25. The van der Waals surface area contributed by atoms with Crippen LogP contribution < -0.4 is 5.32 Å². The summed E-state index contributed by atoms with van der Waals surface area (Å²) in [6.45, 7) is 8.17. The van der Waals surface area contributed by atoms with E-state index in [9.17, 15) is 13.2 Å². The smallest absolute Gasteiger partial charge is 0.243 e. The molecule has 7 heteroatoms. The quantitative estimate of drug-likeness (QED) is 0.637. The van der Waals surface area contributed by atoms with Crippen molar-refractivity contribution in [1.29, 1.82) is 0 Å². The van der Waals surface area contributed by atoms with Crippen molar-refractivity contribution < 1.29 is 13.2 Å². The zero-order valence-corrected chi connectivity index (χ0v) is 19.3. The van der Waals surface area contributed by atoms with E-state index in [1.165, 1.54) is 25.8 Å². The van der Waals surface area contributed by atoms with Crippen LogP contribution in [-0.2, 0) is 14.8 Å². The van der Waals surface area contributed by atoms with Crippen LogP contribution >= 0.6 is 0 Å². The number of likely N-dealkylation sites (tertiary alicyclic amines) is 1. The van der Waals surface area contributed by atoms with Crippen LogP contribution in [0.1, 0.15) is 57.4 Å². The molecule has 1 aromatic rings. The molecule has 2 fully saturated rings. The summed E-state index contributed by atoms with van der Waals surface area (Å²) in [5.74, 6) is 0.359. The number of hydrogen-bond acceptors (Lipinski definition) is 4. The Kier molecular flexibility index (Phi) is 8.31. The second-order valence-corrected chi connectivity index (χ2v) is 10.9. The zero-order valence-electron chi connectivity index (χ0n) is 18.5. The largest absolute Gasteiger partial charge is 0.356 e. The van der Waals surface area contributed by atoms with Gasteiger partial charge in [-0.25, -0.2) is 8.42 Å². The van der Waals surface area contributed by atoms with Crippen molar-refractivity contribution in [1.82, 2.24) is 14.5 Å². The van der Waals surface area contributed by atoms with E-state index >= 15 is 0 Å². The van der Waals surface area contributed by atoms with E-state index in [2.05, 4.69) is 17.1 Å². The number of carbonyl (C=O) groups excluding carboxylic acids is 1. The number of carbonyl (C=O) groups is 1. The highest BCUT2D eigenvalue weighted by atomic mass is 32.2. The maximum Gasteiger partial charge on any atom is 0.243 e. The Morgan fingerprint density at radius 1 is 1.07 bits per heavy atom. The lowest BCUT2D eigenvalue weighted by Gasteiger charge is -2.33. The molecule has 0 bridgehead atoms. The summed E-state index contributed by atoms with van der Waals surface area (Å²) in [7, 11) is -3.44. The Morgan fingerprint density at radius 3 is 2.43 bits per heavy atom. The summed E-state index contributed by atoms with van der Waals surface area (Å²) in [5.41, 5.74) is 1.05. The molecular weight excluding hydrogens is 398 g/mol. The standard InChI is InChI=1S/C23H37N3O3S/c1-19-7-9-22(10-8-19)30(28,29)26-16-11-21(12-17-26)18-23(27)24-13-5-15-25-14-4-3-6-20(25)2/h7-10,20-21H,3-6,11-18H2,1-2H3,(H,24,27). The molecule has 1 unspecified atom stereocenters. The van der Waals surface area contributed by atoms with Crippen molar-refractivity contribution in [3.63, 3.8) is 0 Å². The fraction of sp³-hybridized carbons (Fsp3) is 0.696. The molecule has 30 heavy (non-hydrogen) atoms. The molecule has 2 heterocycles. The number of piperidine rings is 2.